The minimum absolute atomic E-state index is 0.0512. The maximum absolute atomic E-state index is 13.8. The Labute approximate surface area is 266 Å². The van der Waals surface area contributed by atoms with E-state index in [1.165, 1.54) is 11.0 Å². The third-order valence-corrected chi connectivity index (χ3v) is 11.1. The number of likely N-dealkylation sites (tertiary alicyclic amines) is 1. The number of carbonyl (C=O) groups is 3. The molecular weight excluding hydrogens is 666 g/mol. The van der Waals surface area contributed by atoms with Crippen molar-refractivity contribution >= 4 is 76.5 Å². The van der Waals surface area contributed by atoms with Gasteiger partial charge in [0.2, 0.25) is 27.7 Å². The smallest absolute Gasteiger partial charge is 0.259 e. The zero-order chi connectivity index (χ0) is 31.7. The van der Waals surface area contributed by atoms with Gasteiger partial charge in [0, 0.05) is 33.0 Å². The fourth-order valence-electron chi connectivity index (χ4n) is 6.17. The van der Waals surface area contributed by atoms with Crippen molar-refractivity contribution in [3.05, 3.63) is 59.6 Å². The molecule has 3 heterocycles. The van der Waals surface area contributed by atoms with Gasteiger partial charge in [0.15, 0.2) is 5.58 Å². The van der Waals surface area contributed by atoms with Gasteiger partial charge in [-0.1, -0.05) is 34.1 Å². The van der Waals surface area contributed by atoms with Gasteiger partial charge >= 0.3 is 0 Å². The van der Waals surface area contributed by atoms with E-state index >= 15 is 0 Å². The summed E-state index contributed by atoms with van der Waals surface area (Å²) in [6.45, 7) is 3.45. The molecule has 12 nitrogen and oxygen atoms in total. The van der Waals surface area contributed by atoms with Crippen molar-refractivity contribution in [1.82, 2.24) is 19.9 Å². The van der Waals surface area contributed by atoms with E-state index in [-0.39, 0.29) is 25.9 Å². The molecule has 4 atom stereocenters. The average molecular weight is 697 g/mol. The Morgan fingerprint density at radius 3 is 2.67 bits per heavy atom. The number of rotatable bonds is 9. The Morgan fingerprint density at radius 2 is 1.96 bits per heavy atom. The number of nitrogens with zero attached hydrogens (tertiary/aromatic N) is 2. The monoisotopic (exact) mass is 695 g/mol. The number of amides is 3. The first-order chi connectivity index (χ1) is 21.5. The molecule has 0 bridgehead atoms. The van der Waals surface area contributed by atoms with Crippen LogP contribution in [0.5, 0.6) is 5.88 Å². The van der Waals surface area contributed by atoms with E-state index < -0.39 is 56.6 Å². The number of ether oxygens (including phenoxy) is 1. The van der Waals surface area contributed by atoms with Gasteiger partial charge < -0.3 is 25.1 Å². The molecule has 7 rings (SSSR count). The molecule has 4 N–H and O–H groups in total. The number of halogens is 1. The van der Waals surface area contributed by atoms with E-state index in [1.807, 2.05) is 42.5 Å². The third kappa shape index (κ3) is 5.14. The molecule has 0 radical (unpaired) electrons. The van der Waals surface area contributed by atoms with Crippen molar-refractivity contribution in [3.8, 4) is 5.88 Å². The summed E-state index contributed by atoms with van der Waals surface area (Å²) in [5.74, 6) is -2.04. The second-order valence-electron chi connectivity index (χ2n) is 11.8. The number of hydrogen-bond donors (Lipinski definition) is 3. The Morgan fingerprint density at radius 1 is 1.18 bits per heavy atom. The molecule has 2 aliphatic carbocycles. The van der Waals surface area contributed by atoms with Crippen LogP contribution in [0.15, 0.2) is 64.0 Å². The van der Waals surface area contributed by atoms with Gasteiger partial charge in [0.25, 0.3) is 5.91 Å². The van der Waals surface area contributed by atoms with E-state index in [2.05, 4.69) is 32.5 Å². The number of carbonyl (C=O) groups excluding carboxylic acids is 3. The van der Waals surface area contributed by atoms with Crippen LogP contribution in [0.2, 0.25) is 0 Å². The van der Waals surface area contributed by atoms with Crippen molar-refractivity contribution < 1.29 is 32.0 Å². The molecule has 234 valence electrons. The third-order valence-electron chi connectivity index (χ3n) is 8.83. The van der Waals surface area contributed by atoms with E-state index in [9.17, 15) is 22.8 Å². The highest BCUT2D eigenvalue weighted by atomic mass is 79.9. The number of para-hydroxylation sites is 1. The predicted molar refractivity (Wildman–Crippen MR) is 170 cm³/mol. The molecule has 3 fully saturated rings. The number of furan rings is 1. The molecule has 1 saturated heterocycles. The lowest BCUT2D eigenvalue weighted by Gasteiger charge is -2.26. The van der Waals surface area contributed by atoms with Gasteiger partial charge in [-0.2, -0.15) is 0 Å². The van der Waals surface area contributed by atoms with Crippen molar-refractivity contribution in [1.29, 1.82) is 0 Å². The Hall–Kier alpha value is -4.01. The number of benzene rings is 2. The lowest BCUT2D eigenvalue weighted by molar-refractivity contribution is -0.138. The SMILES string of the molecule is C=C[C@@H]1C[C@]1(NC(=O)[C@@H]1C[C@@H](Oc2nc3c4ccccc4oc3c3ccc(Br)cc23)CN1C(=O)CN)C(=O)NS(=O)(=O)C1CC1. The Balaban J connectivity index is 1.18. The molecule has 3 aliphatic rings. The van der Waals surface area contributed by atoms with Gasteiger partial charge in [-0.15, -0.1) is 6.58 Å². The van der Waals surface area contributed by atoms with Crippen LogP contribution in [-0.2, 0) is 24.4 Å². The minimum atomic E-state index is -3.84. The quantitative estimate of drug-likeness (QED) is 0.223. The van der Waals surface area contributed by atoms with Crippen LogP contribution >= 0.6 is 15.9 Å². The van der Waals surface area contributed by atoms with Crippen molar-refractivity contribution in [2.24, 2.45) is 11.7 Å². The van der Waals surface area contributed by atoms with E-state index in [0.29, 0.717) is 40.8 Å². The minimum Gasteiger partial charge on any atom is -0.472 e. The van der Waals surface area contributed by atoms with E-state index in [4.69, 9.17) is 19.9 Å². The van der Waals surface area contributed by atoms with Crippen LogP contribution in [0.4, 0.5) is 0 Å². The normalized spacial score (nSPS) is 24.6. The summed E-state index contributed by atoms with van der Waals surface area (Å²) >= 11 is 3.52. The van der Waals surface area contributed by atoms with Crippen LogP contribution in [0.3, 0.4) is 0 Å². The standard InChI is InChI=1S/C31H30BrN5O7S/c1-2-16-13-31(16,30(40)36-45(41,42)19-8-9-19)35-28(39)23-12-18(15-37(23)25(38)14-33)43-29-22-11-17(32)7-10-20(22)27-26(34-29)21-5-3-4-6-24(21)44-27/h2-7,10-11,16,18-19,23H,1,8-9,12-15,33H2,(H,35,39)(H,36,40)/t16-,18-,23+,31-/m1/s1. The molecule has 14 heteroatoms. The molecule has 0 spiro atoms. The number of fused-ring (bicyclic) bond motifs is 5. The highest BCUT2D eigenvalue weighted by Gasteiger charge is 2.61. The fourth-order valence-corrected chi connectivity index (χ4v) is 7.89. The molecule has 4 aromatic rings. The number of nitrogens with two attached hydrogens (primary N) is 1. The molecular formula is C31H30BrN5O7S. The molecule has 1 aliphatic heterocycles. The summed E-state index contributed by atoms with van der Waals surface area (Å²) in [6, 6.07) is 12.2. The predicted octanol–water partition coefficient (Wildman–Crippen LogP) is 2.87. The number of sulfonamides is 1. The summed E-state index contributed by atoms with van der Waals surface area (Å²) < 4.78 is 40.5. The molecule has 45 heavy (non-hydrogen) atoms. The first-order valence-corrected chi connectivity index (χ1v) is 17.0. The zero-order valence-electron chi connectivity index (χ0n) is 24.0. The van der Waals surface area contributed by atoms with E-state index in [0.717, 1.165) is 15.2 Å². The second kappa shape index (κ2) is 10.8. The first kappa shape index (κ1) is 29.7. The van der Waals surface area contributed by atoms with Gasteiger partial charge in [0.1, 0.15) is 28.8 Å². The summed E-state index contributed by atoms with van der Waals surface area (Å²) in [7, 11) is -3.84. The Kier molecular flexibility index (Phi) is 7.13. The highest BCUT2D eigenvalue weighted by molar-refractivity contribution is 9.10. The summed E-state index contributed by atoms with van der Waals surface area (Å²) in [4.78, 5) is 46.1. The zero-order valence-corrected chi connectivity index (χ0v) is 26.4. The topological polar surface area (TPSA) is 174 Å². The van der Waals surface area contributed by atoms with Gasteiger partial charge in [-0.3, -0.25) is 19.1 Å². The van der Waals surface area contributed by atoms with Gasteiger partial charge in [0.05, 0.1) is 18.3 Å². The lowest BCUT2D eigenvalue weighted by Crippen LogP contribution is -2.57. The molecule has 2 aromatic carbocycles. The van der Waals surface area contributed by atoms with Crippen LogP contribution in [0.25, 0.3) is 32.8 Å². The lowest BCUT2D eigenvalue weighted by atomic mass is 10.1. The van der Waals surface area contributed by atoms with Crippen LogP contribution < -0.4 is 20.5 Å². The van der Waals surface area contributed by atoms with Crippen molar-refractivity contribution in [3.63, 3.8) is 0 Å². The molecule has 0 unspecified atom stereocenters. The second-order valence-corrected chi connectivity index (χ2v) is 14.7. The highest BCUT2D eigenvalue weighted by Crippen LogP contribution is 2.46. The first-order valence-electron chi connectivity index (χ1n) is 14.6. The summed E-state index contributed by atoms with van der Waals surface area (Å²) in [5.41, 5.74) is 6.14. The maximum atomic E-state index is 13.8. The average Bonchev–Trinajstić information content (AvgIpc) is 3.92. The summed E-state index contributed by atoms with van der Waals surface area (Å²) in [5, 5.41) is 4.43. The molecule has 2 saturated carbocycles. The summed E-state index contributed by atoms with van der Waals surface area (Å²) in [6.07, 6.45) is 2.12. The van der Waals surface area contributed by atoms with E-state index in [1.54, 1.807) is 0 Å². The number of aromatic nitrogens is 1. The number of pyridine rings is 1. The molecule has 3 amide bonds. The van der Waals surface area contributed by atoms with Crippen molar-refractivity contribution in [2.45, 2.75) is 48.6 Å². The van der Waals surface area contributed by atoms with Crippen molar-refractivity contribution in [2.75, 3.05) is 13.1 Å². The number of hydrogen-bond acceptors (Lipinski definition) is 9. The fraction of sp³-hybridized carbons (Fsp3) is 0.355. The van der Waals surface area contributed by atoms with Gasteiger partial charge in [-0.25, -0.2) is 13.4 Å². The van der Waals surface area contributed by atoms with Crippen LogP contribution in [0, 0.1) is 5.92 Å². The van der Waals surface area contributed by atoms with Gasteiger partial charge in [-0.05, 0) is 49.6 Å². The Bertz CT molecular complexity index is 2030. The molecule has 2 aromatic heterocycles. The number of nitrogens with one attached hydrogen (secondary N) is 2. The van der Waals surface area contributed by atoms with Crippen LogP contribution in [-0.4, -0.2) is 72.0 Å². The maximum Gasteiger partial charge on any atom is 0.259 e. The largest absolute Gasteiger partial charge is 0.472 e. The van der Waals surface area contributed by atoms with Crippen LogP contribution in [0.1, 0.15) is 25.7 Å².